The van der Waals surface area contributed by atoms with Crippen molar-refractivity contribution in [3.8, 4) is 0 Å². The van der Waals surface area contributed by atoms with Gasteiger partial charge in [-0.2, -0.15) is 0 Å². The highest BCUT2D eigenvalue weighted by molar-refractivity contribution is 6.45. The smallest absolute Gasteiger partial charge is 0.295 e. The van der Waals surface area contributed by atoms with E-state index in [1.807, 2.05) is 79.7 Å². The third kappa shape index (κ3) is 3.76. The van der Waals surface area contributed by atoms with E-state index in [1.54, 1.807) is 17.0 Å². The molecule has 3 atom stereocenters. The Morgan fingerprint density at radius 1 is 0.862 bits per heavy atom. The molecule has 4 nitrogen and oxygen atoms in total. The monoisotopic (exact) mass is 404 g/mol. The minimum Gasteiger partial charge on any atom is -0.382 e. The van der Waals surface area contributed by atoms with Gasteiger partial charge in [-0.1, -0.05) is 60.1 Å². The molecule has 0 spiro atoms. The van der Waals surface area contributed by atoms with Crippen LogP contribution in [0.3, 0.4) is 0 Å². The topological polar surface area (TPSA) is 49.4 Å². The lowest BCUT2D eigenvalue weighted by Gasteiger charge is -2.31. The Morgan fingerprint density at radius 2 is 1.45 bits per heavy atom. The molecule has 1 aliphatic rings. The lowest BCUT2D eigenvalue weighted by Crippen LogP contribution is -2.34. The Hall–Kier alpha value is -3.11. The molecule has 1 saturated heterocycles. The fourth-order valence-corrected chi connectivity index (χ4v) is 4.09. The number of benzene rings is 3. The van der Waals surface area contributed by atoms with Gasteiger partial charge < -0.3 is 5.32 Å². The van der Waals surface area contributed by atoms with E-state index < -0.39 is 17.9 Å². The van der Waals surface area contributed by atoms with Crippen molar-refractivity contribution in [2.45, 2.75) is 19.0 Å². The molecule has 0 saturated carbocycles. The molecule has 0 aromatic heterocycles. The first-order chi connectivity index (χ1) is 14.1. The average molecular weight is 405 g/mol. The first kappa shape index (κ1) is 19.2. The summed E-state index contributed by atoms with van der Waals surface area (Å²) in [5.41, 5.74) is 2.50. The van der Waals surface area contributed by atoms with E-state index in [2.05, 4.69) is 5.32 Å². The van der Waals surface area contributed by atoms with Crippen LogP contribution in [-0.4, -0.2) is 17.7 Å². The molecule has 0 unspecified atom stereocenters. The summed E-state index contributed by atoms with van der Waals surface area (Å²) in [6.07, 6.45) is 0. The summed E-state index contributed by atoms with van der Waals surface area (Å²) in [5, 5.41) is 4.01. The van der Waals surface area contributed by atoms with Crippen LogP contribution in [-0.2, 0) is 9.59 Å². The van der Waals surface area contributed by atoms with Crippen molar-refractivity contribution >= 4 is 34.7 Å². The zero-order chi connectivity index (χ0) is 20.4. The molecule has 1 N–H and O–H groups in total. The van der Waals surface area contributed by atoms with E-state index in [0.717, 1.165) is 11.3 Å². The number of para-hydroxylation sites is 2. The van der Waals surface area contributed by atoms with Crippen molar-refractivity contribution in [2.75, 3.05) is 10.2 Å². The molecule has 1 fully saturated rings. The van der Waals surface area contributed by atoms with Crippen LogP contribution in [0.15, 0.2) is 84.9 Å². The Balaban J connectivity index is 1.76. The average Bonchev–Trinajstić information content (AvgIpc) is 3.01. The first-order valence-electron chi connectivity index (χ1n) is 9.56. The van der Waals surface area contributed by atoms with Crippen molar-refractivity contribution in [3.05, 3.63) is 95.5 Å². The van der Waals surface area contributed by atoms with Gasteiger partial charge in [-0.05, 0) is 48.9 Å². The highest BCUT2D eigenvalue weighted by Crippen LogP contribution is 2.42. The predicted molar refractivity (Wildman–Crippen MR) is 116 cm³/mol. The van der Waals surface area contributed by atoms with Gasteiger partial charge in [-0.15, -0.1) is 0 Å². The Bertz CT molecular complexity index is 1010. The van der Waals surface area contributed by atoms with Crippen LogP contribution < -0.4 is 10.2 Å². The molecular weight excluding hydrogens is 384 g/mol. The SMILES string of the molecule is C[C@H](Nc1ccccc1)[C@@H]1C(=O)C(=O)N(c2ccccc2)[C@@H]1c1ccc(Cl)cc1. The summed E-state index contributed by atoms with van der Waals surface area (Å²) in [5.74, 6) is -1.41. The molecule has 3 aromatic carbocycles. The maximum absolute atomic E-state index is 13.1. The van der Waals surface area contributed by atoms with Crippen LogP contribution in [0.25, 0.3) is 0 Å². The highest BCUT2D eigenvalue weighted by atomic mass is 35.5. The van der Waals surface area contributed by atoms with Gasteiger partial charge in [0.1, 0.15) is 0 Å². The summed E-state index contributed by atoms with van der Waals surface area (Å²) >= 11 is 6.08. The van der Waals surface area contributed by atoms with Gasteiger partial charge in [-0.25, -0.2) is 0 Å². The molecule has 1 amide bonds. The van der Waals surface area contributed by atoms with Crippen LogP contribution in [0.5, 0.6) is 0 Å². The number of nitrogens with zero attached hydrogens (tertiary/aromatic N) is 1. The van der Waals surface area contributed by atoms with E-state index >= 15 is 0 Å². The summed E-state index contributed by atoms with van der Waals surface area (Å²) in [4.78, 5) is 27.8. The molecule has 0 radical (unpaired) electrons. The van der Waals surface area contributed by atoms with Crippen LogP contribution in [0.2, 0.25) is 5.02 Å². The minimum absolute atomic E-state index is 0.247. The second-order valence-electron chi connectivity index (χ2n) is 7.20. The largest absolute Gasteiger partial charge is 0.382 e. The van der Waals surface area contributed by atoms with Gasteiger partial charge in [0.25, 0.3) is 5.91 Å². The number of ketones is 1. The Kier molecular flexibility index (Phi) is 5.36. The minimum atomic E-state index is -0.538. The molecule has 146 valence electrons. The highest BCUT2D eigenvalue weighted by Gasteiger charge is 2.50. The molecule has 0 bridgehead atoms. The molecule has 5 heteroatoms. The third-order valence-electron chi connectivity index (χ3n) is 5.30. The second-order valence-corrected chi connectivity index (χ2v) is 7.63. The summed E-state index contributed by atoms with van der Waals surface area (Å²) in [7, 11) is 0. The van der Waals surface area contributed by atoms with Crippen LogP contribution >= 0.6 is 11.6 Å². The van der Waals surface area contributed by atoms with Crippen molar-refractivity contribution < 1.29 is 9.59 Å². The number of Topliss-reactive ketones (excluding diaryl/α,β-unsaturated/α-hetero) is 1. The summed E-state index contributed by atoms with van der Waals surface area (Å²) in [6, 6.07) is 25.7. The lowest BCUT2D eigenvalue weighted by molar-refractivity contribution is -0.135. The van der Waals surface area contributed by atoms with Gasteiger partial charge in [-0.3, -0.25) is 14.5 Å². The van der Waals surface area contributed by atoms with Gasteiger partial charge in [0.05, 0.1) is 12.0 Å². The number of carbonyl (C=O) groups excluding carboxylic acids is 2. The van der Waals surface area contributed by atoms with E-state index in [4.69, 9.17) is 11.6 Å². The molecule has 29 heavy (non-hydrogen) atoms. The van der Waals surface area contributed by atoms with Gasteiger partial charge in [0.2, 0.25) is 5.78 Å². The number of rotatable bonds is 5. The van der Waals surface area contributed by atoms with Gasteiger partial charge in [0.15, 0.2) is 0 Å². The van der Waals surface area contributed by atoms with Gasteiger partial charge >= 0.3 is 0 Å². The zero-order valence-electron chi connectivity index (χ0n) is 16.0. The maximum atomic E-state index is 13.1. The number of halogens is 1. The number of hydrogen-bond acceptors (Lipinski definition) is 3. The summed E-state index contributed by atoms with van der Waals surface area (Å²) < 4.78 is 0. The van der Waals surface area contributed by atoms with E-state index in [1.165, 1.54) is 0 Å². The number of carbonyl (C=O) groups is 2. The van der Waals surface area contributed by atoms with Crippen molar-refractivity contribution in [1.29, 1.82) is 0 Å². The fourth-order valence-electron chi connectivity index (χ4n) is 3.96. The third-order valence-corrected chi connectivity index (χ3v) is 5.56. The Morgan fingerprint density at radius 3 is 2.07 bits per heavy atom. The summed E-state index contributed by atoms with van der Waals surface area (Å²) in [6.45, 7) is 1.94. The second kappa shape index (κ2) is 8.10. The number of amides is 1. The quantitative estimate of drug-likeness (QED) is 0.601. The van der Waals surface area contributed by atoms with Crippen LogP contribution in [0.1, 0.15) is 18.5 Å². The van der Waals surface area contributed by atoms with E-state index in [-0.39, 0.29) is 11.8 Å². The molecule has 1 aliphatic heterocycles. The predicted octanol–water partition coefficient (Wildman–Crippen LogP) is 5.11. The number of nitrogens with one attached hydrogen (secondary N) is 1. The molecule has 1 heterocycles. The Labute approximate surface area is 175 Å². The number of anilines is 2. The molecule has 0 aliphatic carbocycles. The molecular formula is C24H21ClN2O2. The van der Waals surface area contributed by atoms with Crippen molar-refractivity contribution in [2.24, 2.45) is 5.92 Å². The molecule has 4 rings (SSSR count). The standard InChI is InChI=1S/C24H21ClN2O2/c1-16(26-19-8-4-2-5-9-19)21-22(17-12-14-18(25)15-13-17)27(24(29)23(21)28)20-10-6-3-7-11-20/h2-16,21-22,26H,1H3/t16-,21-,22+/m0/s1. The maximum Gasteiger partial charge on any atom is 0.295 e. The fraction of sp³-hybridized carbons (Fsp3) is 0.167. The van der Waals surface area contributed by atoms with Gasteiger partial charge in [0, 0.05) is 22.4 Å². The van der Waals surface area contributed by atoms with Crippen LogP contribution in [0, 0.1) is 5.92 Å². The van der Waals surface area contributed by atoms with Crippen molar-refractivity contribution in [3.63, 3.8) is 0 Å². The first-order valence-corrected chi connectivity index (χ1v) is 9.93. The molecule has 3 aromatic rings. The number of hydrogen-bond donors (Lipinski definition) is 1. The zero-order valence-corrected chi connectivity index (χ0v) is 16.7. The normalized spacial score (nSPS) is 20.0. The lowest BCUT2D eigenvalue weighted by atomic mass is 9.87. The van der Waals surface area contributed by atoms with E-state index in [0.29, 0.717) is 10.7 Å². The van der Waals surface area contributed by atoms with E-state index in [9.17, 15) is 9.59 Å². The van der Waals surface area contributed by atoms with Crippen molar-refractivity contribution in [1.82, 2.24) is 0 Å². The van der Waals surface area contributed by atoms with Crippen LogP contribution in [0.4, 0.5) is 11.4 Å².